The van der Waals surface area contributed by atoms with Crippen molar-refractivity contribution in [3.8, 4) is 11.3 Å². The van der Waals surface area contributed by atoms with E-state index in [0.29, 0.717) is 16.3 Å². The molecular formula is C23H18Cl2N4O5S2. The first-order valence-electron chi connectivity index (χ1n) is 10.6. The van der Waals surface area contributed by atoms with Crippen LogP contribution in [-0.2, 0) is 24.8 Å². The van der Waals surface area contributed by atoms with Gasteiger partial charge >= 0.3 is 0 Å². The molecule has 36 heavy (non-hydrogen) atoms. The number of nitrogens with zero attached hydrogens (tertiary/aromatic N) is 3. The maximum atomic E-state index is 13.1. The van der Waals surface area contributed by atoms with Gasteiger partial charge in [-0.05, 0) is 54.6 Å². The molecule has 3 heterocycles. The number of nitrogens with one attached hydrogen (secondary N) is 1. The summed E-state index contributed by atoms with van der Waals surface area (Å²) in [6.45, 7) is -0.0756. The Morgan fingerprint density at radius 3 is 2.61 bits per heavy atom. The van der Waals surface area contributed by atoms with Crippen LogP contribution >= 0.6 is 23.2 Å². The molecule has 1 aliphatic rings. The first-order valence-corrected chi connectivity index (χ1v) is 14.4. The summed E-state index contributed by atoms with van der Waals surface area (Å²) in [5.74, 6) is -0.173. The van der Waals surface area contributed by atoms with E-state index in [0.717, 1.165) is 15.2 Å². The van der Waals surface area contributed by atoms with E-state index in [4.69, 9.17) is 27.9 Å². The number of hydrogen-bond acceptors (Lipinski definition) is 7. The van der Waals surface area contributed by atoms with Crippen LogP contribution in [0, 0.1) is 0 Å². The normalized spacial score (nSPS) is 15.7. The van der Waals surface area contributed by atoms with E-state index >= 15 is 0 Å². The summed E-state index contributed by atoms with van der Waals surface area (Å²) in [6.07, 6.45) is 3.33. The van der Waals surface area contributed by atoms with Gasteiger partial charge in [-0.1, -0.05) is 23.2 Å². The van der Waals surface area contributed by atoms with E-state index in [1.807, 2.05) is 6.07 Å². The molecule has 5 rings (SSSR count). The third-order valence-electron chi connectivity index (χ3n) is 5.51. The second-order valence-electron chi connectivity index (χ2n) is 7.88. The zero-order chi connectivity index (χ0) is 25.5. The lowest BCUT2D eigenvalue weighted by Crippen LogP contribution is -2.41. The predicted octanol–water partition coefficient (Wildman–Crippen LogP) is 4.53. The topological polar surface area (TPSA) is 119 Å². The smallest absolute Gasteiger partial charge is 0.263 e. The van der Waals surface area contributed by atoms with Crippen molar-refractivity contribution in [1.29, 1.82) is 0 Å². The van der Waals surface area contributed by atoms with E-state index in [2.05, 4.69) is 14.7 Å². The SMILES string of the molecule is O=S(=O)(Nc1ccc(Cl)c(-c2ccc3cnccc3n2)c1)c1ccc(N2COCCS2(=O)=O)cc1Cl. The minimum atomic E-state index is -4.12. The van der Waals surface area contributed by atoms with Crippen LogP contribution in [0.2, 0.25) is 10.0 Å². The van der Waals surface area contributed by atoms with Gasteiger partial charge in [0.25, 0.3) is 10.0 Å². The van der Waals surface area contributed by atoms with Crippen LogP contribution in [-0.4, -0.2) is 45.9 Å². The molecule has 4 aromatic rings. The highest BCUT2D eigenvalue weighted by atomic mass is 35.5. The number of rotatable bonds is 5. The van der Waals surface area contributed by atoms with Crippen molar-refractivity contribution in [2.45, 2.75) is 4.90 Å². The first-order chi connectivity index (χ1) is 17.1. The number of ether oxygens (including phenoxy) is 1. The Morgan fingerprint density at radius 2 is 1.83 bits per heavy atom. The lowest BCUT2D eigenvalue weighted by atomic mass is 10.1. The average Bonchev–Trinajstić information content (AvgIpc) is 2.84. The monoisotopic (exact) mass is 564 g/mol. The quantitative estimate of drug-likeness (QED) is 0.378. The Balaban J connectivity index is 1.45. The molecule has 2 aromatic heterocycles. The van der Waals surface area contributed by atoms with Gasteiger partial charge in [-0.2, -0.15) is 0 Å². The summed E-state index contributed by atoms with van der Waals surface area (Å²) in [5, 5.41) is 1.11. The minimum absolute atomic E-state index is 0.0952. The Morgan fingerprint density at radius 1 is 1.00 bits per heavy atom. The molecule has 0 bridgehead atoms. The van der Waals surface area contributed by atoms with Gasteiger partial charge in [0, 0.05) is 29.0 Å². The van der Waals surface area contributed by atoms with Gasteiger partial charge < -0.3 is 4.74 Å². The third-order valence-corrected chi connectivity index (χ3v) is 9.37. The molecule has 1 fully saturated rings. The maximum absolute atomic E-state index is 13.1. The number of halogens is 2. The van der Waals surface area contributed by atoms with Gasteiger partial charge in [0.05, 0.1) is 39.3 Å². The number of sulfonamides is 2. The zero-order valence-corrected chi connectivity index (χ0v) is 21.6. The molecule has 1 aliphatic heterocycles. The number of anilines is 2. The molecule has 186 valence electrons. The van der Waals surface area contributed by atoms with Crippen molar-refractivity contribution in [1.82, 2.24) is 9.97 Å². The fraction of sp³-hybridized carbons (Fsp3) is 0.130. The molecule has 0 unspecified atom stereocenters. The Labute approximate surface area is 217 Å². The van der Waals surface area contributed by atoms with Crippen molar-refractivity contribution >= 4 is 65.5 Å². The minimum Gasteiger partial charge on any atom is -0.359 e. The number of benzene rings is 2. The molecule has 13 heteroatoms. The summed E-state index contributed by atoms with van der Waals surface area (Å²) in [6, 6.07) is 14.0. The Hall–Kier alpha value is -2.96. The standard InChI is InChI=1S/C23H18Cl2N4O5S2/c24-19-4-2-16(11-18(19)22-5-1-15-13-26-8-7-21(15)27-22)28-36(32,33)23-6-3-17(12-20(23)25)29-14-34-9-10-35(29,30)31/h1-8,11-13,28H,9-10,14H2. The average molecular weight is 565 g/mol. The van der Waals surface area contributed by atoms with Gasteiger partial charge in [0.15, 0.2) is 0 Å². The van der Waals surface area contributed by atoms with Crippen LogP contribution in [0.1, 0.15) is 0 Å². The molecule has 0 saturated carbocycles. The van der Waals surface area contributed by atoms with Crippen molar-refractivity contribution in [2.24, 2.45) is 0 Å². The van der Waals surface area contributed by atoms with E-state index in [9.17, 15) is 16.8 Å². The number of hydrogen-bond donors (Lipinski definition) is 1. The molecule has 9 nitrogen and oxygen atoms in total. The molecule has 0 spiro atoms. The van der Waals surface area contributed by atoms with Crippen LogP contribution in [0.15, 0.2) is 71.9 Å². The Kier molecular flexibility index (Phi) is 6.52. The van der Waals surface area contributed by atoms with Crippen molar-refractivity contribution in [3.05, 3.63) is 77.0 Å². The van der Waals surface area contributed by atoms with E-state index in [-0.39, 0.29) is 40.4 Å². The van der Waals surface area contributed by atoms with Crippen LogP contribution in [0.25, 0.3) is 22.2 Å². The summed E-state index contributed by atoms with van der Waals surface area (Å²) in [7, 11) is -7.70. The van der Waals surface area contributed by atoms with Crippen molar-refractivity contribution in [3.63, 3.8) is 0 Å². The van der Waals surface area contributed by atoms with Gasteiger partial charge in [-0.3, -0.25) is 9.71 Å². The highest BCUT2D eigenvalue weighted by Gasteiger charge is 2.28. The summed E-state index contributed by atoms with van der Waals surface area (Å²) < 4.78 is 59.7. The number of fused-ring (bicyclic) bond motifs is 1. The molecule has 0 amide bonds. The zero-order valence-electron chi connectivity index (χ0n) is 18.4. The summed E-state index contributed by atoms with van der Waals surface area (Å²) in [5.41, 5.74) is 2.28. The van der Waals surface area contributed by atoms with Crippen LogP contribution in [0.3, 0.4) is 0 Å². The second kappa shape index (κ2) is 9.49. The van der Waals surface area contributed by atoms with E-state index < -0.39 is 20.0 Å². The lowest BCUT2D eigenvalue weighted by Gasteiger charge is -2.28. The lowest BCUT2D eigenvalue weighted by molar-refractivity contribution is 0.149. The molecule has 0 radical (unpaired) electrons. The van der Waals surface area contributed by atoms with Crippen LogP contribution in [0.5, 0.6) is 0 Å². The number of pyridine rings is 2. The van der Waals surface area contributed by atoms with E-state index in [1.165, 1.54) is 24.3 Å². The first kappa shape index (κ1) is 24.7. The maximum Gasteiger partial charge on any atom is 0.263 e. The van der Waals surface area contributed by atoms with Crippen LogP contribution in [0.4, 0.5) is 11.4 Å². The molecule has 2 aromatic carbocycles. The largest absolute Gasteiger partial charge is 0.359 e. The number of aromatic nitrogens is 2. The molecule has 1 saturated heterocycles. The van der Waals surface area contributed by atoms with Gasteiger partial charge in [-0.25, -0.2) is 26.1 Å². The highest BCUT2D eigenvalue weighted by Crippen LogP contribution is 2.33. The van der Waals surface area contributed by atoms with Gasteiger partial charge in [-0.15, -0.1) is 0 Å². The fourth-order valence-electron chi connectivity index (χ4n) is 3.71. The van der Waals surface area contributed by atoms with Crippen LogP contribution < -0.4 is 9.03 Å². The third kappa shape index (κ3) is 4.84. The highest BCUT2D eigenvalue weighted by molar-refractivity contribution is 7.93. The molecular weight excluding hydrogens is 547 g/mol. The predicted molar refractivity (Wildman–Crippen MR) is 139 cm³/mol. The summed E-state index contributed by atoms with van der Waals surface area (Å²) in [4.78, 5) is 8.45. The van der Waals surface area contributed by atoms with Crippen molar-refractivity contribution < 1.29 is 21.6 Å². The summed E-state index contributed by atoms with van der Waals surface area (Å²) >= 11 is 12.7. The van der Waals surface area contributed by atoms with Gasteiger partial charge in [0.2, 0.25) is 10.0 Å². The Bertz CT molecular complexity index is 1700. The van der Waals surface area contributed by atoms with Gasteiger partial charge in [0.1, 0.15) is 11.6 Å². The van der Waals surface area contributed by atoms with Crippen molar-refractivity contribution in [2.75, 3.05) is 28.1 Å². The fourth-order valence-corrected chi connectivity index (χ4v) is 6.73. The molecule has 1 N–H and O–H groups in total. The molecule has 0 aliphatic carbocycles. The molecule has 0 atom stereocenters. The second-order valence-corrected chi connectivity index (χ2v) is 12.4. The van der Waals surface area contributed by atoms with E-state index in [1.54, 1.807) is 36.7 Å².